The van der Waals surface area contributed by atoms with Crippen LogP contribution in [0, 0.1) is 59.2 Å². The van der Waals surface area contributed by atoms with Gasteiger partial charge in [0.15, 0.2) is 0 Å². The molecule has 10 atom stereocenters. The molecule has 0 aliphatic heterocycles. The molecule has 10 unspecified atom stereocenters. The van der Waals surface area contributed by atoms with Crippen LogP contribution in [0.5, 0.6) is 0 Å². The lowest BCUT2D eigenvalue weighted by atomic mass is 9.63. The highest BCUT2D eigenvalue weighted by molar-refractivity contribution is 5.16. The van der Waals surface area contributed by atoms with Gasteiger partial charge in [-0.15, -0.1) is 0 Å². The summed E-state index contributed by atoms with van der Waals surface area (Å²) in [6, 6.07) is 0. The lowest BCUT2D eigenvalue weighted by Gasteiger charge is -2.42. The Morgan fingerprint density at radius 2 is 1.42 bits per heavy atom. The second-order valence-corrected chi connectivity index (χ2v) is 8.99. The number of allylic oxidation sites excluding steroid dienone is 2. The summed E-state index contributed by atoms with van der Waals surface area (Å²) >= 11 is 0. The summed E-state index contributed by atoms with van der Waals surface area (Å²) in [6.07, 6.45) is 16.4. The van der Waals surface area contributed by atoms with E-state index in [-0.39, 0.29) is 0 Å². The molecule has 6 rings (SSSR count). The lowest BCUT2D eigenvalue weighted by molar-refractivity contribution is 0.0684. The Kier molecular flexibility index (Phi) is 1.82. The van der Waals surface area contributed by atoms with Gasteiger partial charge >= 0.3 is 0 Å². The van der Waals surface area contributed by atoms with E-state index in [0.29, 0.717) is 0 Å². The SMILES string of the molecule is C1=CC2CC1CC2C1CC2CC1C1C3CCC(C3)C21. The molecule has 0 heterocycles. The molecular weight excluding hydrogens is 228 g/mol. The van der Waals surface area contributed by atoms with Crippen LogP contribution in [0.3, 0.4) is 0 Å². The zero-order valence-corrected chi connectivity index (χ0v) is 11.9. The molecule has 0 amide bonds. The number of rotatable bonds is 1. The average Bonchev–Trinajstić information content (AvgIpc) is 3.22. The highest BCUT2D eigenvalue weighted by atomic mass is 14.7. The Bertz CT molecular complexity index is 449. The van der Waals surface area contributed by atoms with Crippen LogP contribution >= 0.6 is 0 Å². The van der Waals surface area contributed by atoms with Crippen molar-refractivity contribution in [2.24, 2.45) is 59.2 Å². The first kappa shape index (κ1) is 10.5. The maximum Gasteiger partial charge on any atom is -0.0196 e. The number of fused-ring (bicyclic) bond motifs is 11. The summed E-state index contributed by atoms with van der Waals surface area (Å²) < 4.78 is 0. The van der Waals surface area contributed by atoms with Crippen LogP contribution in [0.25, 0.3) is 0 Å². The summed E-state index contributed by atoms with van der Waals surface area (Å²) in [4.78, 5) is 0. The Labute approximate surface area is 117 Å². The van der Waals surface area contributed by atoms with E-state index < -0.39 is 0 Å². The van der Waals surface area contributed by atoms with Crippen molar-refractivity contribution in [1.29, 1.82) is 0 Å². The third-order valence-electron chi connectivity index (χ3n) is 8.67. The quantitative estimate of drug-likeness (QED) is 0.477. The van der Waals surface area contributed by atoms with Gasteiger partial charge in [-0.1, -0.05) is 12.2 Å². The fraction of sp³-hybridized carbons (Fsp3) is 0.895. The van der Waals surface area contributed by atoms with Crippen molar-refractivity contribution in [3.8, 4) is 0 Å². The topological polar surface area (TPSA) is 0 Å². The minimum atomic E-state index is 0.991. The third kappa shape index (κ3) is 1.15. The van der Waals surface area contributed by atoms with Crippen LogP contribution in [0.15, 0.2) is 12.2 Å². The van der Waals surface area contributed by atoms with Crippen molar-refractivity contribution in [2.45, 2.75) is 44.9 Å². The van der Waals surface area contributed by atoms with E-state index in [1.54, 1.807) is 38.5 Å². The maximum atomic E-state index is 2.60. The molecule has 6 bridgehead atoms. The summed E-state index contributed by atoms with van der Waals surface area (Å²) in [6.45, 7) is 0. The largest absolute Gasteiger partial charge is 0.0851 e. The van der Waals surface area contributed by atoms with Crippen molar-refractivity contribution in [3.05, 3.63) is 12.2 Å². The molecule has 0 N–H and O–H groups in total. The molecule has 5 fully saturated rings. The Morgan fingerprint density at radius 1 is 0.579 bits per heavy atom. The monoisotopic (exact) mass is 254 g/mol. The lowest BCUT2D eigenvalue weighted by Crippen LogP contribution is -2.36. The van der Waals surface area contributed by atoms with Crippen LogP contribution in [0.1, 0.15) is 44.9 Å². The van der Waals surface area contributed by atoms with Gasteiger partial charge in [0, 0.05) is 0 Å². The molecule has 0 spiro atoms. The fourth-order valence-corrected chi connectivity index (χ4v) is 8.42. The second kappa shape index (κ2) is 3.31. The predicted molar refractivity (Wildman–Crippen MR) is 76.4 cm³/mol. The van der Waals surface area contributed by atoms with Crippen LogP contribution in [0.2, 0.25) is 0 Å². The first-order valence-electron chi connectivity index (χ1n) is 9.07. The molecule has 19 heavy (non-hydrogen) atoms. The van der Waals surface area contributed by atoms with Crippen molar-refractivity contribution in [2.75, 3.05) is 0 Å². The zero-order valence-electron chi connectivity index (χ0n) is 11.9. The fourth-order valence-electron chi connectivity index (χ4n) is 8.42. The first-order chi connectivity index (χ1) is 9.38. The molecule has 0 radical (unpaired) electrons. The van der Waals surface area contributed by atoms with Gasteiger partial charge in [-0.05, 0) is 104 Å². The van der Waals surface area contributed by atoms with Crippen LogP contribution in [-0.2, 0) is 0 Å². The summed E-state index contributed by atoms with van der Waals surface area (Å²) in [7, 11) is 0. The van der Waals surface area contributed by atoms with Gasteiger partial charge in [0.1, 0.15) is 0 Å². The minimum Gasteiger partial charge on any atom is -0.0851 e. The molecule has 0 saturated heterocycles. The molecule has 6 aliphatic rings. The zero-order chi connectivity index (χ0) is 12.1. The van der Waals surface area contributed by atoms with Gasteiger partial charge in [0.2, 0.25) is 0 Å². The molecular formula is C19H26. The third-order valence-corrected chi connectivity index (χ3v) is 8.67. The highest BCUT2D eigenvalue weighted by Crippen LogP contribution is 2.71. The smallest absolute Gasteiger partial charge is 0.0196 e. The normalized spacial score (nSPS) is 67.4. The Hall–Kier alpha value is -0.260. The summed E-state index contributed by atoms with van der Waals surface area (Å²) in [5.41, 5.74) is 0. The molecule has 0 aromatic heterocycles. The molecule has 5 saturated carbocycles. The Morgan fingerprint density at radius 3 is 2.21 bits per heavy atom. The van der Waals surface area contributed by atoms with Gasteiger partial charge < -0.3 is 0 Å². The van der Waals surface area contributed by atoms with E-state index in [2.05, 4.69) is 12.2 Å². The summed E-state index contributed by atoms with van der Waals surface area (Å²) in [5, 5.41) is 0. The standard InChI is InChI=1S/C19H26/c1-2-11-5-10(1)6-15(11)16-8-14-9-17(16)19-13-4-3-12(7-13)18(14)19/h1-2,10-19H,3-9H2. The van der Waals surface area contributed by atoms with Crippen LogP contribution in [-0.4, -0.2) is 0 Å². The van der Waals surface area contributed by atoms with Crippen LogP contribution < -0.4 is 0 Å². The second-order valence-electron chi connectivity index (χ2n) is 8.99. The first-order valence-corrected chi connectivity index (χ1v) is 9.07. The number of hydrogen-bond acceptors (Lipinski definition) is 0. The van der Waals surface area contributed by atoms with Gasteiger partial charge in [0.05, 0.1) is 0 Å². The van der Waals surface area contributed by atoms with E-state index >= 15 is 0 Å². The van der Waals surface area contributed by atoms with Crippen molar-refractivity contribution in [1.82, 2.24) is 0 Å². The summed E-state index contributed by atoms with van der Waals surface area (Å²) in [5.74, 6) is 11.4. The average molecular weight is 254 g/mol. The molecule has 0 aromatic carbocycles. The van der Waals surface area contributed by atoms with Crippen molar-refractivity contribution >= 4 is 0 Å². The minimum absolute atomic E-state index is 0.991. The molecule has 0 heteroatoms. The predicted octanol–water partition coefficient (Wildman–Crippen LogP) is 4.52. The van der Waals surface area contributed by atoms with E-state index in [4.69, 9.17) is 0 Å². The molecule has 6 aliphatic carbocycles. The molecule has 0 nitrogen and oxygen atoms in total. The Balaban J connectivity index is 1.32. The van der Waals surface area contributed by atoms with Crippen LogP contribution in [0.4, 0.5) is 0 Å². The van der Waals surface area contributed by atoms with Crippen molar-refractivity contribution < 1.29 is 0 Å². The van der Waals surface area contributed by atoms with E-state index in [1.807, 2.05) is 0 Å². The maximum absolute atomic E-state index is 2.60. The highest BCUT2D eigenvalue weighted by Gasteiger charge is 2.63. The van der Waals surface area contributed by atoms with E-state index in [0.717, 1.165) is 23.7 Å². The van der Waals surface area contributed by atoms with E-state index in [9.17, 15) is 0 Å². The number of hydrogen-bond donors (Lipinski definition) is 0. The van der Waals surface area contributed by atoms with Crippen molar-refractivity contribution in [3.63, 3.8) is 0 Å². The molecule has 0 aromatic rings. The van der Waals surface area contributed by atoms with E-state index in [1.165, 1.54) is 41.9 Å². The van der Waals surface area contributed by atoms with Gasteiger partial charge in [-0.3, -0.25) is 0 Å². The van der Waals surface area contributed by atoms with Gasteiger partial charge in [-0.2, -0.15) is 0 Å². The van der Waals surface area contributed by atoms with Gasteiger partial charge in [-0.25, -0.2) is 0 Å². The molecule has 102 valence electrons. The van der Waals surface area contributed by atoms with Gasteiger partial charge in [0.25, 0.3) is 0 Å².